The Hall–Kier alpha value is -2.28. The van der Waals surface area contributed by atoms with Crippen LogP contribution in [0.3, 0.4) is 0 Å². The molecule has 0 bridgehead atoms. The summed E-state index contributed by atoms with van der Waals surface area (Å²) < 4.78 is 11.4. The number of fused-ring (bicyclic) bond motifs is 1. The molecule has 1 aromatic carbocycles. The Balaban J connectivity index is 1.23. The van der Waals surface area contributed by atoms with E-state index in [1.165, 1.54) is 36.2 Å². The van der Waals surface area contributed by atoms with E-state index in [1.807, 2.05) is 29.2 Å². The van der Waals surface area contributed by atoms with E-state index in [4.69, 9.17) is 14.5 Å². The molecular formula is C27H36N2O4. The molecule has 178 valence electrons. The van der Waals surface area contributed by atoms with Crippen molar-refractivity contribution in [2.24, 2.45) is 0 Å². The van der Waals surface area contributed by atoms with Gasteiger partial charge in [-0.15, -0.1) is 0 Å². The fourth-order valence-electron chi connectivity index (χ4n) is 5.12. The molecule has 1 N–H and O–H groups in total. The van der Waals surface area contributed by atoms with Crippen LogP contribution in [0.25, 0.3) is 0 Å². The second kappa shape index (κ2) is 11.7. The lowest BCUT2D eigenvalue weighted by atomic mass is 9.95. The summed E-state index contributed by atoms with van der Waals surface area (Å²) in [6.45, 7) is 2.49. The zero-order valence-electron chi connectivity index (χ0n) is 19.7. The Morgan fingerprint density at radius 3 is 2.88 bits per heavy atom. The first-order valence-corrected chi connectivity index (χ1v) is 12.3. The third kappa shape index (κ3) is 6.19. The number of hydrogen-bond acceptors (Lipinski definition) is 5. The topological polar surface area (TPSA) is 71.9 Å². The minimum Gasteiger partial charge on any atom is -0.480 e. The lowest BCUT2D eigenvalue weighted by Crippen LogP contribution is -2.34. The summed E-state index contributed by atoms with van der Waals surface area (Å²) in [6, 6.07) is 11.4. The van der Waals surface area contributed by atoms with E-state index >= 15 is 0 Å². The third-order valence-electron chi connectivity index (χ3n) is 6.84. The number of rotatable bonds is 11. The van der Waals surface area contributed by atoms with Crippen LogP contribution in [-0.4, -0.2) is 53.9 Å². The number of carbonyl (C=O) groups is 1. The predicted octanol–water partition coefficient (Wildman–Crippen LogP) is 4.35. The molecule has 2 aromatic rings. The Morgan fingerprint density at radius 1 is 1.18 bits per heavy atom. The number of methoxy groups -OCH3 is 1. The molecule has 1 aromatic heterocycles. The highest BCUT2D eigenvalue weighted by Crippen LogP contribution is 2.29. The van der Waals surface area contributed by atoms with E-state index in [9.17, 15) is 9.90 Å². The highest BCUT2D eigenvalue weighted by Gasteiger charge is 2.35. The number of hydrogen-bond donors (Lipinski definition) is 1. The molecule has 6 heteroatoms. The number of aryl methyl sites for hydroxylation is 3. The van der Waals surface area contributed by atoms with Crippen LogP contribution in [0, 0.1) is 0 Å². The third-order valence-corrected chi connectivity index (χ3v) is 6.84. The van der Waals surface area contributed by atoms with Gasteiger partial charge in [-0.3, -0.25) is 14.7 Å². The maximum absolute atomic E-state index is 12.1. The Morgan fingerprint density at radius 2 is 2.03 bits per heavy atom. The predicted molar refractivity (Wildman–Crippen MR) is 127 cm³/mol. The maximum Gasteiger partial charge on any atom is 0.325 e. The molecule has 0 radical (unpaired) electrons. The SMILES string of the molecule is COCc1ccccc1[C@H](C(=O)O)N1CC[C@@H](OCCCCc2ccc3c(n2)CCCC3)C1. The van der Waals surface area contributed by atoms with Crippen molar-refractivity contribution in [1.29, 1.82) is 0 Å². The molecule has 1 aliphatic heterocycles. The van der Waals surface area contributed by atoms with Gasteiger partial charge in [0, 0.05) is 38.2 Å². The number of likely N-dealkylation sites (tertiary alicyclic amines) is 1. The Bertz CT molecular complexity index is 932. The number of pyridine rings is 1. The van der Waals surface area contributed by atoms with E-state index in [1.54, 1.807) is 7.11 Å². The van der Waals surface area contributed by atoms with Crippen molar-refractivity contribution in [2.45, 2.75) is 70.1 Å². The Labute approximate surface area is 196 Å². The van der Waals surface area contributed by atoms with E-state index in [-0.39, 0.29) is 6.10 Å². The molecule has 0 spiro atoms. The molecule has 4 rings (SSSR count). The van der Waals surface area contributed by atoms with Crippen LogP contribution < -0.4 is 0 Å². The van der Waals surface area contributed by atoms with Crippen LogP contribution in [0.4, 0.5) is 0 Å². The maximum atomic E-state index is 12.1. The van der Waals surface area contributed by atoms with Crippen LogP contribution in [0.2, 0.25) is 0 Å². The largest absolute Gasteiger partial charge is 0.480 e. The molecule has 2 heterocycles. The number of carboxylic acid groups (broad SMARTS) is 1. The fourth-order valence-corrected chi connectivity index (χ4v) is 5.12. The Kier molecular flexibility index (Phi) is 8.48. The summed E-state index contributed by atoms with van der Waals surface area (Å²) >= 11 is 0. The highest BCUT2D eigenvalue weighted by atomic mass is 16.5. The van der Waals surface area contributed by atoms with Gasteiger partial charge in [-0.05, 0) is 74.1 Å². The van der Waals surface area contributed by atoms with Crippen LogP contribution in [0.1, 0.15) is 66.2 Å². The first-order chi connectivity index (χ1) is 16.2. The van der Waals surface area contributed by atoms with Gasteiger partial charge in [0.15, 0.2) is 0 Å². The van der Waals surface area contributed by atoms with Gasteiger partial charge in [0.1, 0.15) is 6.04 Å². The van der Waals surface area contributed by atoms with Gasteiger partial charge < -0.3 is 14.6 Å². The molecule has 2 aliphatic rings. The quantitative estimate of drug-likeness (QED) is 0.511. The van der Waals surface area contributed by atoms with Crippen molar-refractivity contribution in [3.63, 3.8) is 0 Å². The fraction of sp³-hybridized carbons (Fsp3) is 0.556. The zero-order chi connectivity index (χ0) is 23.0. The summed E-state index contributed by atoms with van der Waals surface area (Å²) in [7, 11) is 1.63. The highest BCUT2D eigenvalue weighted by molar-refractivity contribution is 5.76. The molecular weight excluding hydrogens is 416 g/mol. The van der Waals surface area contributed by atoms with Crippen LogP contribution >= 0.6 is 0 Å². The number of ether oxygens (including phenoxy) is 2. The zero-order valence-corrected chi connectivity index (χ0v) is 19.7. The number of unbranched alkanes of at least 4 members (excludes halogenated alkanes) is 1. The number of nitrogens with zero attached hydrogens (tertiary/aromatic N) is 2. The van der Waals surface area contributed by atoms with E-state index in [0.717, 1.165) is 49.8 Å². The van der Waals surface area contributed by atoms with Crippen LogP contribution in [-0.2, 0) is 40.1 Å². The normalized spacial score (nSPS) is 19.4. The van der Waals surface area contributed by atoms with Crippen molar-refractivity contribution in [3.05, 3.63) is 64.5 Å². The summed E-state index contributed by atoms with van der Waals surface area (Å²) in [5.41, 5.74) is 5.67. The van der Waals surface area contributed by atoms with Crippen molar-refractivity contribution in [3.8, 4) is 0 Å². The van der Waals surface area contributed by atoms with E-state index in [0.29, 0.717) is 19.8 Å². The first-order valence-electron chi connectivity index (χ1n) is 12.3. The van der Waals surface area contributed by atoms with Gasteiger partial charge in [0.25, 0.3) is 0 Å². The molecule has 0 amide bonds. The van der Waals surface area contributed by atoms with Crippen LogP contribution in [0.15, 0.2) is 36.4 Å². The molecule has 0 unspecified atom stereocenters. The number of benzene rings is 1. The first kappa shape index (κ1) is 23.9. The summed E-state index contributed by atoms with van der Waals surface area (Å²) in [4.78, 5) is 19.0. The van der Waals surface area contributed by atoms with Gasteiger partial charge in [-0.2, -0.15) is 0 Å². The summed E-state index contributed by atoms with van der Waals surface area (Å²) in [5.74, 6) is -0.822. The lowest BCUT2D eigenvalue weighted by Gasteiger charge is -2.26. The molecule has 1 aliphatic carbocycles. The van der Waals surface area contributed by atoms with Gasteiger partial charge in [-0.25, -0.2) is 0 Å². The van der Waals surface area contributed by atoms with Gasteiger partial charge >= 0.3 is 5.97 Å². The molecule has 2 atom stereocenters. The summed E-state index contributed by atoms with van der Waals surface area (Å²) in [5, 5.41) is 9.97. The van der Waals surface area contributed by atoms with Crippen molar-refractivity contribution >= 4 is 5.97 Å². The molecule has 0 saturated carbocycles. The minimum absolute atomic E-state index is 0.0864. The molecule has 33 heavy (non-hydrogen) atoms. The smallest absolute Gasteiger partial charge is 0.325 e. The van der Waals surface area contributed by atoms with Crippen molar-refractivity contribution in [2.75, 3.05) is 26.8 Å². The van der Waals surface area contributed by atoms with E-state index in [2.05, 4.69) is 12.1 Å². The standard InChI is InChI=1S/C27H36N2O4/c1-32-19-21-9-2-4-11-24(21)26(27(30)31)29-16-15-23(18-29)33-17-7-6-10-22-14-13-20-8-3-5-12-25(20)28-22/h2,4,9,11,13-14,23,26H,3,5-8,10,12,15-19H2,1H3,(H,30,31)/t23-,26-/m1/s1. The summed E-state index contributed by atoms with van der Waals surface area (Å²) in [6.07, 6.45) is 8.84. The average Bonchev–Trinajstić information content (AvgIpc) is 3.28. The van der Waals surface area contributed by atoms with Gasteiger partial charge in [0.2, 0.25) is 0 Å². The molecule has 1 fully saturated rings. The van der Waals surface area contributed by atoms with Crippen LogP contribution in [0.5, 0.6) is 0 Å². The number of aliphatic carboxylic acids is 1. The average molecular weight is 453 g/mol. The second-order valence-electron chi connectivity index (χ2n) is 9.22. The second-order valence-corrected chi connectivity index (χ2v) is 9.22. The number of carboxylic acids is 1. The monoisotopic (exact) mass is 452 g/mol. The molecule has 6 nitrogen and oxygen atoms in total. The van der Waals surface area contributed by atoms with E-state index < -0.39 is 12.0 Å². The van der Waals surface area contributed by atoms with Gasteiger partial charge in [0.05, 0.1) is 12.7 Å². The minimum atomic E-state index is -0.822. The van der Waals surface area contributed by atoms with Crippen molar-refractivity contribution < 1.29 is 19.4 Å². The van der Waals surface area contributed by atoms with Crippen molar-refractivity contribution in [1.82, 2.24) is 9.88 Å². The number of aromatic nitrogens is 1. The van der Waals surface area contributed by atoms with Gasteiger partial charge in [-0.1, -0.05) is 30.3 Å². The molecule has 1 saturated heterocycles. The lowest BCUT2D eigenvalue weighted by molar-refractivity contribution is -0.143.